The quantitative estimate of drug-likeness (QED) is 0.0136. The van der Waals surface area contributed by atoms with Crippen LogP contribution in [0.5, 0.6) is 0 Å². The third-order valence-corrected chi connectivity index (χ3v) is 20.1. The normalized spacial score (nSPS) is 11.4. The third kappa shape index (κ3) is 25.5. The van der Waals surface area contributed by atoms with Crippen LogP contribution in [0.3, 0.4) is 0 Å². The Morgan fingerprint density at radius 3 is 0.564 bits per heavy atom. The van der Waals surface area contributed by atoms with Gasteiger partial charge < -0.3 is 14.9 Å². The lowest BCUT2D eigenvalue weighted by molar-refractivity contribution is -0.880. The van der Waals surface area contributed by atoms with Gasteiger partial charge in [-0.2, -0.15) is 0 Å². The zero-order valence-corrected chi connectivity index (χ0v) is 64.7. The van der Waals surface area contributed by atoms with Gasteiger partial charge in [-0.3, -0.25) is 0 Å². The number of benzene rings is 7. The molecule has 117 heavy (non-hydrogen) atoms. The molecule has 0 saturated carbocycles. The number of hydrogen-bond acceptors (Lipinski definition) is 1. The van der Waals surface area contributed by atoms with E-state index in [9.17, 15) is 132 Å². The molecule has 8 aromatic rings. The molecule has 0 spiro atoms. The second kappa shape index (κ2) is 48.3. The molecule has 0 unspecified atom stereocenters. The fourth-order valence-electron chi connectivity index (χ4n) is 13.3. The fraction of sp³-hybridized carbons (Fsp3) is 0.476. The highest BCUT2D eigenvalue weighted by Crippen LogP contribution is 2.29. The fourth-order valence-corrected chi connectivity index (χ4v) is 13.3. The van der Waals surface area contributed by atoms with E-state index in [1.54, 1.807) is 11.2 Å². The predicted molar refractivity (Wildman–Crippen MR) is 387 cm³/mol. The van der Waals surface area contributed by atoms with Gasteiger partial charge in [-0.15, -0.1) is 0 Å². The van der Waals surface area contributed by atoms with Crippen molar-refractivity contribution in [3.05, 3.63) is 204 Å². The number of aromatic nitrogens is 2. The molecule has 0 aliphatic heterocycles. The molecule has 0 aliphatic carbocycles. The van der Waals surface area contributed by atoms with Crippen molar-refractivity contribution in [2.45, 2.75) is 233 Å². The van der Waals surface area contributed by atoms with E-state index in [0.29, 0.717) is 0 Å². The molecule has 0 fully saturated rings. The molecule has 0 amide bonds. The first-order valence-electron chi connectivity index (χ1n) is 38.6. The number of nitrogens with zero attached hydrogens (tertiary/aromatic N) is 2. The Balaban J connectivity index is 0.000000292. The third-order valence-electron chi connectivity index (χ3n) is 20.1. The summed E-state index contributed by atoms with van der Waals surface area (Å²) in [6.45, 7) is 3.67. The van der Waals surface area contributed by atoms with E-state index < -0.39 is 221 Å². The van der Waals surface area contributed by atoms with E-state index in [2.05, 4.69) is 56.8 Å². The van der Waals surface area contributed by atoms with Crippen molar-refractivity contribution in [3.8, 4) is 0 Å². The number of unbranched alkanes of at least 4 members (excludes halogenated alkanes) is 30. The highest BCUT2D eigenvalue weighted by Gasteiger charge is 2.48. The van der Waals surface area contributed by atoms with Gasteiger partial charge in [0, 0.05) is 32.8 Å². The SMILES string of the molecule is CCCCCCCCCCCCCCCCCC[NH+](C)CCCCCCCCCCCCCCCCCC.Cc1cc2nc[n-]c2cc1C.Fc1c(F)c(F)c(B(c2c(F)c(F)c(F)c(F)c2F)c2c(F)c(F)c(F)c(F)c2F)c(F)c1F.Fc1c(F)c(F)c(B(c2c(F)c(F)c(F)c(F)c2F)c2c(F)c(F)c(F)c(F)c2F)c(F)c1F. The highest BCUT2D eigenvalue weighted by atomic mass is 19.2. The minimum Gasteiger partial charge on any atom is -0.443 e. The van der Waals surface area contributed by atoms with Crippen LogP contribution in [-0.2, 0) is 0 Å². The van der Waals surface area contributed by atoms with Gasteiger partial charge in [0.25, 0.3) is 13.4 Å². The summed E-state index contributed by atoms with van der Waals surface area (Å²) in [4.78, 5) is 10.00. The van der Waals surface area contributed by atoms with Gasteiger partial charge >= 0.3 is 0 Å². The van der Waals surface area contributed by atoms with Crippen LogP contribution in [-0.4, -0.2) is 38.5 Å². The van der Waals surface area contributed by atoms with Crippen LogP contribution in [0.15, 0.2) is 18.5 Å². The molecular weight excluding hydrogens is 1620 g/mol. The monoisotopic (exact) mass is 1710 g/mol. The maximum Gasteiger partial charge on any atom is 0.265 e. The molecule has 0 atom stereocenters. The molecule has 0 bridgehead atoms. The van der Waals surface area contributed by atoms with E-state index in [-0.39, 0.29) is 0 Å². The van der Waals surface area contributed by atoms with Crippen molar-refractivity contribution in [2.24, 2.45) is 0 Å². The minimum atomic E-state index is -3.96. The summed E-state index contributed by atoms with van der Waals surface area (Å²) in [5, 5.41) is 0. The van der Waals surface area contributed by atoms with Crippen molar-refractivity contribution in [1.82, 2.24) is 9.97 Å². The van der Waals surface area contributed by atoms with Crippen LogP contribution in [0.2, 0.25) is 0 Å². The topological polar surface area (TPSA) is 31.4 Å². The number of aryl methyl sites for hydroxylation is 2. The van der Waals surface area contributed by atoms with Crippen molar-refractivity contribution in [2.75, 3.05) is 20.1 Å². The summed E-state index contributed by atoms with van der Waals surface area (Å²) < 4.78 is 417. The first-order valence-corrected chi connectivity index (χ1v) is 38.6. The van der Waals surface area contributed by atoms with E-state index in [1.807, 2.05) is 0 Å². The molecule has 0 aliphatic rings. The van der Waals surface area contributed by atoms with Crippen LogP contribution in [0.1, 0.15) is 230 Å². The first kappa shape index (κ1) is 99.6. The van der Waals surface area contributed by atoms with Crippen LogP contribution in [0.4, 0.5) is 132 Å². The number of hydrogen-bond donors (Lipinski definition) is 1. The van der Waals surface area contributed by atoms with Crippen LogP contribution < -0.4 is 42.7 Å². The predicted octanol–water partition coefficient (Wildman–Crippen LogP) is 22.4. The Labute approximate surface area is 659 Å². The summed E-state index contributed by atoms with van der Waals surface area (Å²) >= 11 is 0. The maximum absolute atomic E-state index is 14.4. The number of fused-ring (bicyclic) bond motifs is 1. The lowest BCUT2D eigenvalue weighted by atomic mass is 9.36. The number of imidazole rings is 1. The van der Waals surface area contributed by atoms with Gasteiger partial charge in [-0.05, 0) is 61.7 Å². The minimum absolute atomic E-state index is 0.994. The van der Waals surface area contributed by atoms with E-state index >= 15 is 0 Å². The van der Waals surface area contributed by atoms with Gasteiger partial charge in [0.05, 0.1) is 20.1 Å². The van der Waals surface area contributed by atoms with Crippen molar-refractivity contribution in [1.29, 1.82) is 0 Å². The lowest BCUT2D eigenvalue weighted by Crippen LogP contribution is -3.09. The number of nitrogens with one attached hydrogen (secondary N) is 1. The Morgan fingerprint density at radius 2 is 0.385 bits per heavy atom. The Kier molecular flexibility index (Phi) is 41.1. The van der Waals surface area contributed by atoms with Gasteiger partial charge in [0.15, 0.2) is 175 Å². The van der Waals surface area contributed by atoms with Crippen molar-refractivity contribution in [3.63, 3.8) is 0 Å². The molecule has 35 heteroatoms. The van der Waals surface area contributed by atoms with E-state index in [1.165, 1.54) is 230 Å². The Hall–Kier alpha value is -8.00. The summed E-state index contributed by atoms with van der Waals surface area (Å²) in [5.74, 6) is -90.4. The van der Waals surface area contributed by atoms with Gasteiger partial charge in [-0.25, -0.2) is 132 Å². The smallest absolute Gasteiger partial charge is 0.265 e. The van der Waals surface area contributed by atoms with E-state index in [4.69, 9.17) is 0 Å². The average molecular weight is 1710 g/mol. The molecule has 8 rings (SSSR count). The molecule has 0 saturated heterocycles. The zero-order valence-electron chi connectivity index (χ0n) is 64.7. The zero-order chi connectivity index (χ0) is 87.4. The standard InChI is InChI=1S/C37H77N.2C18BF15.C9H9N2/c1-4-6-8-10-12-14-16-18-20-22-24-26-28-30-32-34-36-38(3)37-35-33-31-29-27-25-23-21-19-17-15-13-11-9-7-5-2;2*20-4-1(5(21)11(27)16(32)10(4)26)19(2-6(22)12(28)17(33)13(29)7(2)23)3-8(24)14(30)18(34)15(31)9(3)25;1-6-3-8-9(4-7(6)2)11-5-10-8/h4-37H2,1-3H3;;;3-5H,1-2H3/q;;;-1/p+1. The first-order chi connectivity index (χ1) is 55.4. The summed E-state index contributed by atoms with van der Waals surface area (Å²) in [6.07, 6.45) is 48.6. The molecule has 646 valence electrons. The number of quaternary nitrogens is 1. The molecule has 7 aromatic carbocycles. The maximum atomic E-state index is 14.4. The van der Waals surface area contributed by atoms with Crippen molar-refractivity contribution < 1.29 is 137 Å². The molecule has 1 N–H and O–H groups in total. The second-order valence-electron chi connectivity index (χ2n) is 28.6. The Bertz CT molecular complexity index is 3810. The largest absolute Gasteiger partial charge is 0.443 e. The van der Waals surface area contributed by atoms with Gasteiger partial charge in [-0.1, -0.05) is 212 Å². The number of rotatable bonds is 40. The molecule has 1 heterocycles. The summed E-state index contributed by atoms with van der Waals surface area (Å²) in [6, 6.07) is 4.13. The molecular formula is C82H87B2F30N3. The Morgan fingerprint density at radius 1 is 0.231 bits per heavy atom. The lowest BCUT2D eigenvalue weighted by Gasteiger charge is -2.21. The molecule has 3 nitrogen and oxygen atoms in total. The van der Waals surface area contributed by atoms with Gasteiger partial charge in [0.2, 0.25) is 0 Å². The molecule has 0 radical (unpaired) electrons. The summed E-state index contributed by atoms with van der Waals surface area (Å²) in [5.41, 5.74) is -11.5. The second-order valence-corrected chi connectivity index (χ2v) is 28.6. The van der Waals surface area contributed by atoms with Gasteiger partial charge in [0.1, 0.15) is 0 Å². The van der Waals surface area contributed by atoms with Crippen molar-refractivity contribution >= 4 is 57.2 Å². The summed E-state index contributed by atoms with van der Waals surface area (Å²) in [7, 11) is 2.43. The highest BCUT2D eigenvalue weighted by molar-refractivity contribution is 6.96. The molecule has 1 aromatic heterocycles. The number of halogens is 30. The van der Waals surface area contributed by atoms with Crippen LogP contribution >= 0.6 is 0 Å². The van der Waals surface area contributed by atoms with E-state index in [0.717, 1.165) is 11.0 Å². The van der Waals surface area contributed by atoms with Crippen LogP contribution in [0, 0.1) is 188 Å². The van der Waals surface area contributed by atoms with Crippen LogP contribution in [0.25, 0.3) is 11.0 Å². The average Bonchev–Trinajstić information content (AvgIpc) is 0.852.